The number of hydrogen-bond acceptors (Lipinski definition) is 3. The van der Waals surface area contributed by atoms with Crippen LogP contribution >= 0.6 is 0 Å². The van der Waals surface area contributed by atoms with Crippen LogP contribution in [0.3, 0.4) is 0 Å². The molecule has 0 saturated heterocycles. The third-order valence-electron chi connectivity index (χ3n) is 4.24. The van der Waals surface area contributed by atoms with Gasteiger partial charge < -0.3 is 14.6 Å². The number of rotatable bonds is 7. The lowest BCUT2D eigenvalue weighted by atomic mass is 10.1. The van der Waals surface area contributed by atoms with Crippen molar-refractivity contribution in [1.29, 1.82) is 0 Å². The number of amides is 1. The number of nitrogens with one attached hydrogen (secondary N) is 1. The average Bonchev–Trinajstić information content (AvgIpc) is 2.99. The third kappa shape index (κ3) is 3.94. The maximum Gasteiger partial charge on any atom is 0.243 e. The van der Waals surface area contributed by atoms with E-state index in [1.165, 1.54) is 11.6 Å². The molecule has 0 aliphatic heterocycles. The van der Waals surface area contributed by atoms with Gasteiger partial charge in [-0.15, -0.1) is 0 Å². The summed E-state index contributed by atoms with van der Waals surface area (Å²) in [6, 6.07) is 14.1. The Labute approximate surface area is 153 Å². The van der Waals surface area contributed by atoms with Crippen LogP contribution in [0.25, 0.3) is 11.0 Å². The predicted octanol–water partition coefficient (Wildman–Crippen LogP) is 3.53. The van der Waals surface area contributed by atoms with Crippen molar-refractivity contribution in [3.05, 3.63) is 72.1 Å². The summed E-state index contributed by atoms with van der Waals surface area (Å²) in [4.78, 5) is 16.1. The highest BCUT2D eigenvalue weighted by Gasteiger charge is 2.11. The molecule has 3 rings (SSSR count). The molecule has 3 aromatic rings. The van der Waals surface area contributed by atoms with Crippen molar-refractivity contribution < 1.29 is 9.53 Å². The molecule has 0 spiro atoms. The highest BCUT2D eigenvalue weighted by atomic mass is 16.5. The number of hydrogen-bond donors (Lipinski definition) is 1. The van der Waals surface area contributed by atoms with Crippen molar-refractivity contribution in [2.24, 2.45) is 0 Å². The van der Waals surface area contributed by atoms with Gasteiger partial charge in [0, 0.05) is 0 Å². The number of imidazole rings is 1. The third-order valence-corrected chi connectivity index (χ3v) is 4.24. The van der Waals surface area contributed by atoms with Crippen LogP contribution in [0.1, 0.15) is 17.0 Å². The molecular formula is C21H23N3O2. The topological polar surface area (TPSA) is 56.2 Å². The number of para-hydroxylation sites is 2. The molecule has 0 aliphatic rings. The number of aryl methyl sites for hydroxylation is 2. The predicted molar refractivity (Wildman–Crippen MR) is 103 cm³/mol. The van der Waals surface area contributed by atoms with Crippen molar-refractivity contribution >= 4 is 16.9 Å². The van der Waals surface area contributed by atoms with Gasteiger partial charge in [0.1, 0.15) is 18.2 Å². The molecule has 26 heavy (non-hydrogen) atoms. The Morgan fingerprint density at radius 3 is 2.85 bits per heavy atom. The van der Waals surface area contributed by atoms with Gasteiger partial charge in [-0.3, -0.25) is 4.79 Å². The normalized spacial score (nSPS) is 10.7. The van der Waals surface area contributed by atoms with E-state index >= 15 is 0 Å². The lowest BCUT2D eigenvalue weighted by Crippen LogP contribution is -2.23. The number of ether oxygens (including phenoxy) is 1. The van der Waals surface area contributed by atoms with Crippen molar-refractivity contribution in [3.63, 3.8) is 0 Å². The highest BCUT2D eigenvalue weighted by Crippen LogP contribution is 2.20. The minimum atomic E-state index is -0.213. The molecule has 1 aromatic heterocycles. The van der Waals surface area contributed by atoms with E-state index < -0.39 is 0 Å². The molecule has 5 nitrogen and oxygen atoms in total. The van der Waals surface area contributed by atoms with Gasteiger partial charge in [-0.05, 0) is 43.7 Å². The zero-order chi connectivity index (χ0) is 18.5. The van der Waals surface area contributed by atoms with E-state index in [1.807, 2.05) is 43.3 Å². The zero-order valence-corrected chi connectivity index (χ0v) is 15.2. The molecule has 0 aliphatic carbocycles. The number of benzene rings is 2. The summed E-state index contributed by atoms with van der Waals surface area (Å²) in [5, 5.41) is 2.79. The van der Waals surface area contributed by atoms with Crippen LogP contribution in [-0.4, -0.2) is 22.1 Å². The molecular weight excluding hydrogens is 326 g/mol. The molecule has 5 heteroatoms. The molecule has 0 saturated carbocycles. The van der Waals surface area contributed by atoms with Crippen molar-refractivity contribution in [3.8, 4) is 5.75 Å². The van der Waals surface area contributed by atoms with Gasteiger partial charge in [-0.25, -0.2) is 4.98 Å². The van der Waals surface area contributed by atoms with E-state index in [0.29, 0.717) is 19.7 Å². The van der Waals surface area contributed by atoms with Crippen molar-refractivity contribution in [2.45, 2.75) is 26.9 Å². The SMILES string of the molecule is C=CC(=O)NCc1nc2ccccc2n1CCOc1ccc(C)cc1C. The Morgan fingerprint density at radius 2 is 2.08 bits per heavy atom. The van der Waals surface area contributed by atoms with Crippen LogP contribution in [0, 0.1) is 13.8 Å². The number of aromatic nitrogens is 2. The van der Waals surface area contributed by atoms with E-state index in [0.717, 1.165) is 28.2 Å². The first-order valence-electron chi connectivity index (χ1n) is 8.63. The second-order valence-corrected chi connectivity index (χ2v) is 6.21. The fraction of sp³-hybridized carbons (Fsp3) is 0.238. The molecule has 1 heterocycles. The second-order valence-electron chi connectivity index (χ2n) is 6.21. The maximum absolute atomic E-state index is 11.5. The summed E-state index contributed by atoms with van der Waals surface area (Å²) in [5.41, 5.74) is 4.27. The van der Waals surface area contributed by atoms with Gasteiger partial charge in [-0.2, -0.15) is 0 Å². The van der Waals surface area contributed by atoms with Gasteiger partial charge in [-0.1, -0.05) is 36.4 Å². The van der Waals surface area contributed by atoms with Crippen LogP contribution in [0.15, 0.2) is 55.1 Å². The molecule has 0 bridgehead atoms. The van der Waals surface area contributed by atoms with E-state index in [-0.39, 0.29) is 5.91 Å². The molecule has 0 fully saturated rings. The summed E-state index contributed by atoms with van der Waals surface area (Å²) < 4.78 is 8.05. The first-order valence-corrected chi connectivity index (χ1v) is 8.63. The van der Waals surface area contributed by atoms with Gasteiger partial charge in [0.05, 0.1) is 24.1 Å². The number of nitrogens with zero attached hydrogens (tertiary/aromatic N) is 2. The Bertz CT molecular complexity index is 944. The number of carbonyl (C=O) groups excluding carboxylic acids is 1. The van der Waals surface area contributed by atoms with E-state index in [1.54, 1.807) is 0 Å². The Kier molecular flexibility index (Phi) is 5.37. The lowest BCUT2D eigenvalue weighted by molar-refractivity contribution is -0.116. The highest BCUT2D eigenvalue weighted by molar-refractivity contribution is 5.86. The van der Waals surface area contributed by atoms with Gasteiger partial charge in [0.15, 0.2) is 0 Å². The van der Waals surface area contributed by atoms with Crippen LogP contribution in [-0.2, 0) is 17.9 Å². The molecule has 0 radical (unpaired) electrons. The van der Waals surface area contributed by atoms with Crippen molar-refractivity contribution in [2.75, 3.05) is 6.61 Å². The summed E-state index contributed by atoms with van der Waals surface area (Å²) in [7, 11) is 0. The van der Waals surface area contributed by atoms with Crippen LogP contribution in [0.5, 0.6) is 5.75 Å². The first-order chi connectivity index (χ1) is 12.6. The monoisotopic (exact) mass is 349 g/mol. The first kappa shape index (κ1) is 17.7. The van der Waals surface area contributed by atoms with Crippen molar-refractivity contribution in [1.82, 2.24) is 14.9 Å². The maximum atomic E-state index is 11.5. The smallest absolute Gasteiger partial charge is 0.243 e. The zero-order valence-electron chi connectivity index (χ0n) is 15.2. The van der Waals surface area contributed by atoms with E-state index in [2.05, 4.69) is 34.4 Å². The molecule has 0 atom stereocenters. The van der Waals surface area contributed by atoms with Gasteiger partial charge >= 0.3 is 0 Å². The largest absolute Gasteiger partial charge is 0.491 e. The molecule has 1 N–H and O–H groups in total. The minimum Gasteiger partial charge on any atom is -0.491 e. The van der Waals surface area contributed by atoms with Crippen LogP contribution in [0.2, 0.25) is 0 Å². The summed E-state index contributed by atoms with van der Waals surface area (Å²) >= 11 is 0. The fourth-order valence-corrected chi connectivity index (χ4v) is 2.96. The Morgan fingerprint density at radius 1 is 1.27 bits per heavy atom. The molecule has 134 valence electrons. The van der Waals surface area contributed by atoms with Gasteiger partial charge in [0.2, 0.25) is 5.91 Å². The average molecular weight is 349 g/mol. The minimum absolute atomic E-state index is 0.213. The second kappa shape index (κ2) is 7.87. The fourth-order valence-electron chi connectivity index (χ4n) is 2.96. The Balaban J connectivity index is 1.76. The standard InChI is InChI=1S/C21H23N3O2/c1-4-21(25)22-14-20-23-17-7-5-6-8-18(17)24(20)11-12-26-19-10-9-15(2)13-16(19)3/h4-10,13H,1,11-12,14H2,2-3H3,(H,22,25). The van der Waals surface area contributed by atoms with Crippen LogP contribution < -0.4 is 10.1 Å². The van der Waals surface area contributed by atoms with E-state index in [9.17, 15) is 4.79 Å². The van der Waals surface area contributed by atoms with Crippen LogP contribution in [0.4, 0.5) is 0 Å². The number of fused-ring (bicyclic) bond motifs is 1. The quantitative estimate of drug-likeness (QED) is 0.664. The molecule has 1 amide bonds. The van der Waals surface area contributed by atoms with E-state index in [4.69, 9.17) is 4.74 Å². The molecule has 2 aromatic carbocycles. The Hall–Kier alpha value is -3.08. The summed E-state index contributed by atoms with van der Waals surface area (Å²) in [6.45, 7) is 9.11. The lowest BCUT2D eigenvalue weighted by Gasteiger charge is -2.13. The van der Waals surface area contributed by atoms with Gasteiger partial charge in [0.25, 0.3) is 0 Å². The number of carbonyl (C=O) groups is 1. The molecule has 0 unspecified atom stereocenters. The summed E-state index contributed by atoms with van der Waals surface area (Å²) in [5.74, 6) is 1.47. The summed E-state index contributed by atoms with van der Waals surface area (Å²) in [6.07, 6.45) is 1.26.